The van der Waals surface area contributed by atoms with Gasteiger partial charge in [0.25, 0.3) is 0 Å². The molecular weight excluding hydrogens is 166 g/mol. The first-order valence-corrected chi connectivity index (χ1v) is 5.32. The zero-order chi connectivity index (χ0) is 9.31. The lowest BCUT2D eigenvalue weighted by atomic mass is 9.99. The molecule has 0 radical (unpaired) electrons. The number of ether oxygens (including phenoxy) is 2. The van der Waals surface area contributed by atoms with E-state index in [1.54, 1.807) is 0 Å². The van der Waals surface area contributed by atoms with Crippen LogP contribution < -0.4 is 5.73 Å². The van der Waals surface area contributed by atoms with Crippen molar-refractivity contribution >= 4 is 0 Å². The molecule has 3 unspecified atom stereocenters. The molecular formula is C10H19NO2. The molecule has 1 saturated heterocycles. The third kappa shape index (κ3) is 1.49. The van der Waals surface area contributed by atoms with E-state index in [2.05, 4.69) is 6.92 Å². The van der Waals surface area contributed by atoms with Crippen LogP contribution in [-0.2, 0) is 9.47 Å². The highest BCUT2D eigenvalue weighted by molar-refractivity contribution is 4.90. The van der Waals surface area contributed by atoms with Crippen molar-refractivity contribution in [2.45, 2.75) is 44.5 Å². The van der Waals surface area contributed by atoms with Crippen LogP contribution in [-0.4, -0.2) is 25.0 Å². The van der Waals surface area contributed by atoms with Crippen molar-refractivity contribution in [1.29, 1.82) is 0 Å². The first-order valence-electron chi connectivity index (χ1n) is 5.32. The van der Waals surface area contributed by atoms with Crippen molar-refractivity contribution in [2.75, 3.05) is 13.2 Å². The SMILES string of the molecule is CCC1CCCC12OCC(CN)O2. The molecule has 1 aliphatic heterocycles. The second kappa shape index (κ2) is 3.56. The van der Waals surface area contributed by atoms with Gasteiger partial charge in [-0.1, -0.05) is 6.92 Å². The van der Waals surface area contributed by atoms with Crippen LogP contribution in [0, 0.1) is 5.92 Å². The Hall–Kier alpha value is -0.120. The van der Waals surface area contributed by atoms with E-state index < -0.39 is 0 Å². The Labute approximate surface area is 79.6 Å². The smallest absolute Gasteiger partial charge is 0.171 e. The molecule has 1 heterocycles. The lowest BCUT2D eigenvalue weighted by molar-refractivity contribution is -0.190. The minimum Gasteiger partial charge on any atom is -0.347 e. The van der Waals surface area contributed by atoms with E-state index in [1.165, 1.54) is 12.8 Å². The molecule has 2 N–H and O–H groups in total. The van der Waals surface area contributed by atoms with Gasteiger partial charge in [0.2, 0.25) is 0 Å². The molecule has 3 nitrogen and oxygen atoms in total. The molecule has 0 bridgehead atoms. The van der Waals surface area contributed by atoms with Crippen LogP contribution in [0.5, 0.6) is 0 Å². The van der Waals surface area contributed by atoms with Crippen LogP contribution in [0.15, 0.2) is 0 Å². The number of rotatable bonds is 2. The Kier molecular flexibility index (Phi) is 2.58. The third-order valence-electron chi connectivity index (χ3n) is 3.34. The molecule has 1 aliphatic carbocycles. The van der Waals surface area contributed by atoms with E-state index in [0.29, 0.717) is 19.1 Å². The summed E-state index contributed by atoms with van der Waals surface area (Å²) < 4.78 is 11.7. The maximum atomic E-state index is 5.92. The molecule has 3 atom stereocenters. The molecule has 0 aromatic carbocycles. The Morgan fingerprint density at radius 3 is 3.00 bits per heavy atom. The van der Waals surface area contributed by atoms with E-state index >= 15 is 0 Å². The molecule has 0 aromatic rings. The number of hydrogen-bond acceptors (Lipinski definition) is 3. The zero-order valence-corrected chi connectivity index (χ0v) is 8.29. The summed E-state index contributed by atoms with van der Waals surface area (Å²) in [5.74, 6) is 0.336. The van der Waals surface area contributed by atoms with E-state index in [-0.39, 0.29) is 11.9 Å². The predicted molar refractivity (Wildman–Crippen MR) is 50.2 cm³/mol. The van der Waals surface area contributed by atoms with Crippen LogP contribution >= 0.6 is 0 Å². The van der Waals surface area contributed by atoms with Gasteiger partial charge in [0.15, 0.2) is 5.79 Å². The first kappa shape index (κ1) is 9.44. The van der Waals surface area contributed by atoms with Crippen molar-refractivity contribution in [3.05, 3.63) is 0 Å². The summed E-state index contributed by atoms with van der Waals surface area (Å²) in [5, 5.41) is 0. The molecule has 2 rings (SSSR count). The quantitative estimate of drug-likeness (QED) is 0.704. The Morgan fingerprint density at radius 1 is 1.54 bits per heavy atom. The first-order chi connectivity index (χ1) is 6.30. The van der Waals surface area contributed by atoms with E-state index in [1.807, 2.05) is 0 Å². The summed E-state index contributed by atoms with van der Waals surface area (Å²) in [6, 6.07) is 0. The van der Waals surface area contributed by atoms with Gasteiger partial charge in [-0.3, -0.25) is 0 Å². The molecule has 0 aromatic heterocycles. The minimum absolute atomic E-state index is 0.132. The molecule has 0 amide bonds. The molecule has 1 saturated carbocycles. The topological polar surface area (TPSA) is 44.5 Å². The fourth-order valence-corrected chi connectivity index (χ4v) is 2.58. The summed E-state index contributed by atoms with van der Waals surface area (Å²) in [5.41, 5.74) is 5.57. The van der Waals surface area contributed by atoms with E-state index in [9.17, 15) is 0 Å². The Bertz CT molecular complexity index is 186. The van der Waals surface area contributed by atoms with Gasteiger partial charge in [0.1, 0.15) is 0 Å². The minimum atomic E-state index is -0.251. The highest BCUT2D eigenvalue weighted by Gasteiger charge is 2.49. The van der Waals surface area contributed by atoms with Gasteiger partial charge in [-0.2, -0.15) is 0 Å². The summed E-state index contributed by atoms with van der Waals surface area (Å²) >= 11 is 0. The summed E-state index contributed by atoms with van der Waals surface area (Å²) in [4.78, 5) is 0. The average Bonchev–Trinajstić information content (AvgIpc) is 2.74. The second-order valence-electron chi connectivity index (χ2n) is 4.10. The fraction of sp³-hybridized carbons (Fsp3) is 1.00. The number of nitrogens with two attached hydrogens (primary N) is 1. The molecule has 1 spiro atoms. The zero-order valence-electron chi connectivity index (χ0n) is 8.29. The van der Waals surface area contributed by atoms with Crippen LogP contribution in [0.4, 0.5) is 0 Å². The maximum absolute atomic E-state index is 5.92. The van der Waals surface area contributed by atoms with Gasteiger partial charge in [-0.05, 0) is 19.3 Å². The van der Waals surface area contributed by atoms with Gasteiger partial charge in [0.05, 0.1) is 12.7 Å². The van der Waals surface area contributed by atoms with Crippen LogP contribution in [0.25, 0.3) is 0 Å². The third-order valence-corrected chi connectivity index (χ3v) is 3.34. The van der Waals surface area contributed by atoms with Crippen LogP contribution in [0.3, 0.4) is 0 Å². The van der Waals surface area contributed by atoms with Gasteiger partial charge >= 0.3 is 0 Å². The van der Waals surface area contributed by atoms with Crippen molar-refractivity contribution in [1.82, 2.24) is 0 Å². The standard InChI is InChI=1S/C10H19NO2/c1-2-8-4-3-5-10(8)12-7-9(6-11)13-10/h8-9H,2-7,11H2,1H3. The highest BCUT2D eigenvalue weighted by Crippen LogP contribution is 2.45. The summed E-state index contributed by atoms with van der Waals surface area (Å²) in [6.45, 7) is 3.48. The predicted octanol–water partition coefficient (Wildman–Crippen LogP) is 1.27. The fourth-order valence-electron chi connectivity index (χ4n) is 2.58. The Morgan fingerprint density at radius 2 is 2.38 bits per heavy atom. The molecule has 3 heteroatoms. The van der Waals surface area contributed by atoms with Crippen LogP contribution in [0.2, 0.25) is 0 Å². The van der Waals surface area contributed by atoms with Gasteiger partial charge in [-0.25, -0.2) is 0 Å². The van der Waals surface area contributed by atoms with E-state index in [4.69, 9.17) is 15.2 Å². The summed E-state index contributed by atoms with van der Waals surface area (Å²) in [6.07, 6.45) is 4.82. The van der Waals surface area contributed by atoms with Crippen molar-refractivity contribution in [2.24, 2.45) is 11.7 Å². The van der Waals surface area contributed by atoms with E-state index in [0.717, 1.165) is 12.8 Å². The molecule has 13 heavy (non-hydrogen) atoms. The highest BCUT2D eigenvalue weighted by atomic mass is 16.7. The van der Waals surface area contributed by atoms with Gasteiger partial charge < -0.3 is 15.2 Å². The largest absolute Gasteiger partial charge is 0.347 e. The van der Waals surface area contributed by atoms with Crippen molar-refractivity contribution < 1.29 is 9.47 Å². The monoisotopic (exact) mass is 185 g/mol. The number of hydrogen-bond donors (Lipinski definition) is 1. The molecule has 2 aliphatic rings. The lowest BCUT2D eigenvalue weighted by Gasteiger charge is -2.29. The normalized spacial score (nSPS) is 44.8. The molecule has 76 valence electrons. The lowest BCUT2D eigenvalue weighted by Crippen LogP contribution is -2.35. The second-order valence-corrected chi connectivity index (χ2v) is 4.10. The maximum Gasteiger partial charge on any atom is 0.171 e. The Balaban J connectivity index is 2.04. The van der Waals surface area contributed by atoms with Gasteiger partial charge in [-0.15, -0.1) is 0 Å². The molecule has 2 fully saturated rings. The summed E-state index contributed by atoms with van der Waals surface area (Å²) in [7, 11) is 0. The average molecular weight is 185 g/mol. The van der Waals surface area contributed by atoms with Crippen LogP contribution in [0.1, 0.15) is 32.6 Å². The van der Waals surface area contributed by atoms with Gasteiger partial charge in [0, 0.05) is 18.9 Å². The van der Waals surface area contributed by atoms with Crippen molar-refractivity contribution in [3.63, 3.8) is 0 Å². The van der Waals surface area contributed by atoms with Crippen molar-refractivity contribution in [3.8, 4) is 0 Å².